The number of amides is 1. The third kappa shape index (κ3) is 3.39. The summed E-state index contributed by atoms with van der Waals surface area (Å²) in [6.45, 7) is 0.592. The second kappa shape index (κ2) is 7.14. The number of methoxy groups -OCH3 is 1. The van der Waals surface area contributed by atoms with E-state index in [-0.39, 0.29) is 5.91 Å². The van der Waals surface area contributed by atoms with Gasteiger partial charge in [0.05, 0.1) is 17.5 Å². The van der Waals surface area contributed by atoms with Crippen molar-refractivity contribution in [3.05, 3.63) is 71.1 Å². The number of para-hydroxylation sites is 1. The van der Waals surface area contributed by atoms with E-state index in [1.54, 1.807) is 7.11 Å². The smallest absolute Gasteiger partial charge is 0.261 e. The average Bonchev–Trinajstić information content (AvgIpc) is 3.09. The van der Waals surface area contributed by atoms with Crippen LogP contribution in [0.5, 0.6) is 5.75 Å². The number of carbonyl (C=O) groups excluding carboxylic acids is 1. The topological polar surface area (TPSA) is 51.2 Å². The minimum atomic E-state index is -0.0504. The van der Waals surface area contributed by atoms with Crippen molar-refractivity contribution in [2.75, 3.05) is 13.7 Å². The molecule has 0 atom stereocenters. The van der Waals surface area contributed by atoms with Crippen LogP contribution in [0.4, 0.5) is 0 Å². The zero-order chi connectivity index (χ0) is 17.9. The maximum Gasteiger partial charge on any atom is 0.261 e. The van der Waals surface area contributed by atoms with Gasteiger partial charge in [0.2, 0.25) is 0 Å². The molecule has 1 N–H and O–H groups in total. The number of aromatic nitrogens is 1. The highest BCUT2D eigenvalue weighted by atomic mass is 32.1. The minimum absolute atomic E-state index is 0.0504. The predicted molar refractivity (Wildman–Crippen MR) is 106 cm³/mol. The van der Waals surface area contributed by atoms with Crippen LogP contribution in [0.1, 0.15) is 15.2 Å². The van der Waals surface area contributed by atoms with Gasteiger partial charge in [0, 0.05) is 17.3 Å². The summed E-state index contributed by atoms with van der Waals surface area (Å²) in [6.07, 6.45) is 0.781. The van der Waals surface area contributed by atoms with Gasteiger partial charge in [-0.05, 0) is 42.3 Å². The first-order valence-corrected chi connectivity index (χ1v) is 9.25. The van der Waals surface area contributed by atoms with Gasteiger partial charge in [-0.15, -0.1) is 11.3 Å². The van der Waals surface area contributed by atoms with Crippen LogP contribution < -0.4 is 10.1 Å². The van der Waals surface area contributed by atoms with E-state index in [0.717, 1.165) is 38.9 Å². The molecule has 0 saturated heterocycles. The summed E-state index contributed by atoms with van der Waals surface area (Å²) < 4.78 is 5.15. The van der Waals surface area contributed by atoms with Crippen LogP contribution in [0, 0.1) is 0 Å². The SMILES string of the molecule is COc1ccc(CCNC(=O)c2cc3cc4ccccc4nc3s2)cc1. The van der Waals surface area contributed by atoms with Gasteiger partial charge in [-0.25, -0.2) is 4.98 Å². The Labute approximate surface area is 155 Å². The first-order valence-electron chi connectivity index (χ1n) is 8.43. The highest BCUT2D eigenvalue weighted by Crippen LogP contribution is 2.27. The number of nitrogens with zero attached hydrogens (tertiary/aromatic N) is 1. The number of hydrogen-bond acceptors (Lipinski definition) is 4. The van der Waals surface area contributed by atoms with E-state index in [4.69, 9.17) is 4.74 Å². The van der Waals surface area contributed by atoms with Gasteiger partial charge < -0.3 is 10.1 Å². The predicted octanol–water partition coefficient (Wildman–Crippen LogP) is 4.43. The molecule has 0 fully saturated rings. The lowest BCUT2D eigenvalue weighted by Crippen LogP contribution is -2.24. The highest BCUT2D eigenvalue weighted by molar-refractivity contribution is 7.20. The molecule has 0 aliphatic rings. The Morgan fingerprint density at radius 3 is 2.69 bits per heavy atom. The number of carbonyl (C=O) groups is 1. The van der Waals surface area contributed by atoms with E-state index in [9.17, 15) is 4.79 Å². The van der Waals surface area contributed by atoms with Crippen LogP contribution in [0.3, 0.4) is 0 Å². The van der Waals surface area contributed by atoms with Gasteiger partial charge in [0.25, 0.3) is 5.91 Å². The zero-order valence-electron chi connectivity index (χ0n) is 14.4. The normalized spacial score (nSPS) is 11.0. The van der Waals surface area contributed by atoms with E-state index in [0.29, 0.717) is 11.4 Å². The molecule has 0 bridgehead atoms. The molecule has 4 aromatic rings. The largest absolute Gasteiger partial charge is 0.497 e. The third-order valence-electron chi connectivity index (χ3n) is 4.29. The van der Waals surface area contributed by atoms with Crippen molar-refractivity contribution in [1.29, 1.82) is 0 Å². The van der Waals surface area contributed by atoms with Gasteiger partial charge in [-0.1, -0.05) is 30.3 Å². The lowest BCUT2D eigenvalue weighted by Gasteiger charge is -2.05. The molecule has 0 saturated carbocycles. The number of benzene rings is 2. The molecule has 5 heteroatoms. The Hall–Kier alpha value is -2.92. The minimum Gasteiger partial charge on any atom is -0.497 e. The first kappa shape index (κ1) is 16.5. The second-order valence-corrected chi connectivity index (χ2v) is 7.07. The van der Waals surface area contributed by atoms with E-state index >= 15 is 0 Å². The van der Waals surface area contributed by atoms with Crippen molar-refractivity contribution in [2.45, 2.75) is 6.42 Å². The molecule has 0 aliphatic heterocycles. The van der Waals surface area contributed by atoms with Crippen molar-refractivity contribution < 1.29 is 9.53 Å². The van der Waals surface area contributed by atoms with Crippen LogP contribution in [-0.4, -0.2) is 24.5 Å². The fourth-order valence-electron chi connectivity index (χ4n) is 2.89. The van der Waals surface area contributed by atoms with Crippen LogP contribution in [0.2, 0.25) is 0 Å². The summed E-state index contributed by atoms with van der Waals surface area (Å²) in [5.41, 5.74) is 2.11. The number of fused-ring (bicyclic) bond motifs is 2. The monoisotopic (exact) mass is 362 g/mol. The molecule has 2 heterocycles. The molecule has 0 aliphatic carbocycles. The van der Waals surface area contributed by atoms with E-state index < -0.39 is 0 Å². The third-order valence-corrected chi connectivity index (χ3v) is 5.34. The number of pyridine rings is 1. The van der Waals surface area contributed by atoms with E-state index in [1.807, 2.05) is 54.6 Å². The Morgan fingerprint density at radius 1 is 1.08 bits per heavy atom. The van der Waals surface area contributed by atoms with Gasteiger partial charge in [-0.2, -0.15) is 0 Å². The molecule has 0 radical (unpaired) electrons. The number of rotatable bonds is 5. The fraction of sp³-hybridized carbons (Fsp3) is 0.143. The maximum atomic E-state index is 12.4. The van der Waals surface area contributed by atoms with Crippen molar-refractivity contribution >= 4 is 38.4 Å². The average molecular weight is 362 g/mol. The summed E-state index contributed by atoms with van der Waals surface area (Å²) in [7, 11) is 1.65. The van der Waals surface area contributed by atoms with Gasteiger partial charge in [0.15, 0.2) is 0 Å². The van der Waals surface area contributed by atoms with Crippen molar-refractivity contribution in [2.24, 2.45) is 0 Å². The van der Waals surface area contributed by atoms with Crippen LogP contribution >= 0.6 is 11.3 Å². The van der Waals surface area contributed by atoms with Gasteiger partial charge >= 0.3 is 0 Å². The number of hydrogen-bond donors (Lipinski definition) is 1. The lowest BCUT2D eigenvalue weighted by molar-refractivity contribution is 0.0958. The Balaban J connectivity index is 1.44. The summed E-state index contributed by atoms with van der Waals surface area (Å²) in [5.74, 6) is 0.786. The Bertz CT molecular complexity index is 1020. The Kier molecular flexibility index (Phi) is 4.54. The fourth-order valence-corrected chi connectivity index (χ4v) is 3.82. The standard InChI is InChI=1S/C21H18N2O2S/c1-25-17-8-6-14(7-9-17)10-11-22-20(24)19-13-16-12-15-4-2-3-5-18(15)23-21(16)26-19/h2-9,12-13H,10-11H2,1H3,(H,22,24). The van der Waals surface area contributed by atoms with Crippen LogP contribution in [0.25, 0.3) is 21.1 Å². The summed E-state index contributed by atoms with van der Waals surface area (Å²) in [4.78, 5) is 18.7. The van der Waals surface area contributed by atoms with E-state index in [2.05, 4.69) is 16.4 Å². The molecule has 4 nitrogen and oxygen atoms in total. The molecule has 1 amide bonds. The van der Waals surface area contributed by atoms with Crippen molar-refractivity contribution in [1.82, 2.24) is 10.3 Å². The first-order chi connectivity index (χ1) is 12.7. The quantitative estimate of drug-likeness (QED) is 0.571. The summed E-state index contributed by atoms with van der Waals surface area (Å²) in [6, 6.07) is 19.9. The molecular formula is C21H18N2O2S. The number of ether oxygens (including phenoxy) is 1. The van der Waals surface area contributed by atoms with Crippen molar-refractivity contribution in [3.8, 4) is 5.75 Å². The molecule has 4 rings (SSSR count). The van der Waals surface area contributed by atoms with Crippen molar-refractivity contribution in [3.63, 3.8) is 0 Å². The maximum absolute atomic E-state index is 12.4. The highest BCUT2D eigenvalue weighted by Gasteiger charge is 2.11. The molecule has 130 valence electrons. The van der Waals surface area contributed by atoms with Gasteiger partial charge in [0.1, 0.15) is 10.6 Å². The van der Waals surface area contributed by atoms with Crippen LogP contribution in [-0.2, 0) is 6.42 Å². The van der Waals surface area contributed by atoms with E-state index in [1.165, 1.54) is 11.3 Å². The lowest BCUT2D eigenvalue weighted by atomic mass is 10.1. The zero-order valence-corrected chi connectivity index (χ0v) is 15.2. The molecular weight excluding hydrogens is 344 g/mol. The molecule has 26 heavy (non-hydrogen) atoms. The summed E-state index contributed by atoms with van der Waals surface area (Å²) in [5, 5.41) is 5.09. The Morgan fingerprint density at radius 2 is 1.88 bits per heavy atom. The van der Waals surface area contributed by atoms with Gasteiger partial charge in [-0.3, -0.25) is 4.79 Å². The second-order valence-electron chi connectivity index (χ2n) is 6.04. The molecule has 2 aromatic carbocycles. The summed E-state index contributed by atoms with van der Waals surface area (Å²) >= 11 is 1.43. The molecule has 0 spiro atoms. The molecule has 2 aromatic heterocycles. The van der Waals surface area contributed by atoms with Crippen LogP contribution in [0.15, 0.2) is 60.7 Å². The molecule has 0 unspecified atom stereocenters. The number of nitrogens with one attached hydrogen (secondary N) is 1. The number of thiophene rings is 1.